The van der Waals surface area contributed by atoms with Gasteiger partial charge >= 0.3 is 6.18 Å². The molecule has 0 bridgehead atoms. The summed E-state index contributed by atoms with van der Waals surface area (Å²) in [5.74, 6) is -0.373. The number of carbonyl (C=O) groups excluding carboxylic acids is 1. The molecule has 112 valence electrons. The van der Waals surface area contributed by atoms with E-state index in [-0.39, 0.29) is 11.8 Å². The van der Waals surface area contributed by atoms with Crippen molar-refractivity contribution >= 4 is 5.78 Å². The first-order valence-electron chi connectivity index (χ1n) is 6.69. The van der Waals surface area contributed by atoms with Crippen LogP contribution in [0.1, 0.15) is 44.2 Å². The van der Waals surface area contributed by atoms with Crippen molar-refractivity contribution in [3.63, 3.8) is 0 Å². The molecular formula is C15H20F3NO. The van der Waals surface area contributed by atoms with E-state index >= 15 is 0 Å². The number of nitrogens with one attached hydrogen (secondary N) is 1. The largest absolute Gasteiger partial charge is 0.416 e. The normalized spacial score (nSPS) is 13.6. The van der Waals surface area contributed by atoms with Gasteiger partial charge < -0.3 is 5.32 Å². The summed E-state index contributed by atoms with van der Waals surface area (Å²) in [5, 5.41) is 3.16. The number of rotatable bonds is 6. The van der Waals surface area contributed by atoms with Crippen LogP contribution < -0.4 is 5.32 Å². The highest BCUT2D eigenvalue weighted by atomic mass is 19.4. The lowest BCUT2D eigenvalue weighted by atomic mass is 9.92. The van der Waals surface area contributed by atoms with E-state index in [2.05, 4.69) is 5.32 Å². The standard InChI is InChI=1S/C15H20F3NO/c1-4-14(20)13(9-19-10(2)3)11-5-7-12(8-6-11)15(16,17)18/h5-8,10,13,19H,4,9H2,1-3H3. The highest BCUT2D eigenvalue weighted by Crippen LogP contribution is 2.30. The van der Waals surface area contributed by atoms with E-state index < -0.39 is 17.7 Å². The fourth-order valence-corrected chi connectivity index (χ4v) is 1.92. The second-order valence-corrected chi connectivity index (χ2v) is 5.06. The Kier molecular flexibility index (Phi) is 5.74. The lowest BCUT2D eigenvalue weighted by Crippen LogP contribution is -2.31. The third-order valence-electron chi connectivity index (χ3n) is 3.11. The lowest BCUT2D eigenvalue weighted by molar-refractivity contribution is -0.137. The number of hydrogen-bond donors (Lipinski definition) is 1. The molecule has 0 fully saturated rings. The molecule has 1 atom stereocenters. The summed E-state index contributed by atoms with van der Waals surface area (Å²) >= 11 is 0. The van der Waals surface area contributed by atoms with E-state index in [1.807, 2.05) is 13.8 Å². The van der Waals surface area contributed by atoms with E-state index in [4.69, 9.17) is 0 Å². The molecule has 0 aromatic heterocycles. The predicted octanol–water partition coefficient (Wildman–Crippen LogP) is 3.77. The molecule has 0 aliphatic heterocycles. The summed E-state index contributed by atoms with van der Waals surface area (Å²) in [4.78, 5) is 11.9. The Morgan fingerprint density at radius 1 is 1.20 bits per heavy atom. The minimum absolute atomic E-state index is 0.0258. The molecule has 0 radical (unpaired) electrons. The molecule has 0 aliphatic rings. The quantitative estimate of drug-likeness (QED) is 0.863. The van der Waals surface area contributed by atoms with Gasteiger partial charge in [0, 0.05) is 19.0 Å². The van der Waals surface area contributed by atoms with Gasteiger partial charge in [0.25, 0.3) is 0 Å². The Labute approximate surface area is 117 Å². The molecule has 1 rings (SSSR count). The second kappa shape index (κ2) is 6.88. The number of ketones is 1. The Morgan fingerprint density at radius 2 is 1.75 bits per heavy atom. The topological polar surface area (TPSA) is 29.1 Å². The van der Waals surface area contributed by atoms with Crippen molar-refractivity contribution in [1.82, 2.24) is 5.32 Å². The summed E-state index contributed by atoms with van der Waals surface area (Å²) in [5.41, 5.74) is -0.0706. The van der Waals surface area contributed by atoms with E-state index in [0.29, 0.717) is 18.5 Å². The van der Waals surface area contributed by atoms with Crippen molar-refractivity contribution in [2.75, 3.05) is 6.54 Å². The van der Waals surface area contributed by atoms with Gasteiger partial charge in [-0.25, -0.2) is 0 Å². The molecule has 0 saturated heterocycles. The Morgan fingerprint density at radius 3 is 2.15 bits per heavy atom. The minimum Gasteiger partial charge on any atom is -0.313 e. The molecule has 0 spiro atoms. The van der Waals surface area contributed by atoms with Gasteiger partial charge in [-0.3, -0.25) is 4.79 Å². The minimum atomic E-state index is -4.35. The Hall–Kier alpha value is -1.36. The van der Waals surface area contributed by atoms with Crippen LogP contribution in [0.25, 0.3) is 0 Å². The average molecular weight is 287 g/mol. The van der Waals surface area contributed by atoms with Crippen molar-refractivity contribution < 1.29 is 18.0 Å². The highest BCUT2D eigenvalue weighted by Gasteiger charge is 2.30. The molecule has 1 N–H and O–H groups in total. The van der Waals surface area contributed by atoms with Crippen LogP contribution in [0, 0.1) is 0 Å². The summed E-state index contributed by atoms with van der Waals surface area (Å²) in [6.45, 7) is 6.12. The molecule has 20 heavy (non-hydrogen) atoms. The molecule has 0 amide bonds. The number of benzene rings is 1. The number of alkyl halides is 3. The molecule has 1 aromatic rings. The van der Waals surface area contributed by atoms with Crippen LogP contribution in [-0.2, 0) is 11.0 Å². The maximum atomic E-state index is 12.5. The SMILES string of the molecule is CCC(=O)C(CNC(C)C)c1ccc(C(F)(F)F)cc1. The van der Waals surface area contributed by atoms with Crippen LogP contribution >= 0.6 is 0 Å². The average Bonchev–Trinajstić information content (AvgIpc) is 2.37. The number of halogens is 3. The zero-order chi connectivity index (χ0) is 15.3. The fraction of sp³-hybridized carbons (Fsp3) is 0.533. The number of hydrogen-bond acceptors (Lipinski definition) is 2. The first-order valence-corrected chi connectivity index (χ1v) is 6.69. The van der Waals surface area contributed by atoms with Crippen LogP contribution in [0.3, 0.4) is 0 Å². The molecule has 1 unspecified atom stereocenters. The molecule has 5 heteroatoms. The van der Waals surface area contributed by atoms with Gasteiger partial charge in [0.1, 0.15) is 5.78 Å². The smallest absolute Gasteiger partial charge is 0.313 e. The third-order valence-corrected chi connectivity index (χ3v) is 3.11. The third kappa shape index (κ3) is 4.63. The van der Waals surface area contributed by atoms with Crippen LogP contribution in [-0.4, -0.2) is 18.4 Å². The predicted molar refractivity (Wildman–Crippen MR) is 72.6 cm³/mol. The van der Waals surface area contributed by atoms with E-state index in [9.17, 15) is 18.0 Å². The van der Waals surface area contributed by atoms with Crippen LogP contribution in [0.2, 0.25) is 0 Å². The lowest BCUT2D eigenvalue weighted by Gasteiger charge is -2.19. The van der Waals surface area contributed by atoms with Gasteiger partial charge in [-0.15, -0.1) is 0 Å². The monoisotopic (exact) mass is 287 g/mol. The fourth-order valence-electron chi connectivity index (χ4n) is 1.92. The first-order chi connectivity index (χ1) is 9.25. The second-order valence-electron chi connectivity index (χ2n) is 5.06. The van der Waals surface area contributed by atoms with Gasteiger partial charge in [0.2, 0.25) is 0 Å². The maximum Gasteiger partial charge on any atom is 0.416 e. The highest BCUT2D eigenvalue weighted by molar-refractivity contribution is 5.85. The van der Waals surface area contributed by atoms with Gasteiger partial charge in [0.05, 0.1) is 11.5 Å². The van der Waals surface area contributed by atoms with Gasteiger partial charge in [-0.05, 0) is 17.7 Å². The van der Waals surface area contributed by atoms with Gasteiger partial charge in [-0.2, -0.15) is 13.2 Å². The van der Waals surface area contributed by atoms with E-state index in [1.165, 1.54) is 12.1 Å². The van der Waals surface area contributed by atoms with Crippen LogP contribution in [0.4, 0.5) is 13.2 Å². The summed E-state index contributed by atoms with van der Waals surface area (Å²) in [6.07, 6.45) is -3.98. The van der Waals surface area contributed by atoms with Gasteiger partial charge in [-0.1, -0.05) is 32.9 Å². The molecule has 0 heterocycles. The molecule has 1 aromatic carbocycles. The molecule has 0 aliphatic carbocycles. The summed E-state index contributed by atoms with van der Waals surface area (Å²) in [6, 6.07) is 5.06. The molecular weight excluding hydrogens is 267 g/mol. The van der Waals surface area contributed by atoms with E-state index in [0.717, 1.165) is 12.1 Å². The molecule has 0 saturated carbocycles. The van der Waals surface area contributed by atoms with E-state index in [1.54, 1.807) is 6.92 Å². The summed E-state index contributed by atoms with van der Waals surface area (Å²) < 4.78 is 37.6. The van der Waals surface area contributed by atoms with Crippen molar-refractivity contribution in [3.8, 4) is 0 Å². The van der Waals surface area contributed by atoms with Gasteiger partial charge in [0.15, 0.2) is 0 Å². The maximum absolute atomic E-state index is 12.5. The molecule has 2 nitrogen and oxygen atoms in total. The zero-order valence-corrected chi connectivity index (χ0v) is 11.9. The van der Waals surface area contributed by atoms with Crippen molar-refractivity contribution in [3.05, 3.63) is 35.4 Å². The van der Waals surface area contributed by atoms with Crippen molar-refractivity contribution in [2.45, 2.75) is 45.3 Å². The number of Topliss-reactive ketones (excluding diaryl/α,β-unsaturated/α-hetero) is 1. The zero-order valence-electron chi connectivity index (χ0n) is 11.9. The van der Waals surface area contributed by atoms with Crippen molar-refractivity contribution in [1.29, 1.82) is 0 Å². The number of carbonyl (C=O) groups is 1. The Balaban J connectivity index is 2.93. The van der Waals surface area contributed by atoms with Crippen LogP contribution in [0.15, 0.2) is 24.3 Å². The Bertz CT molecular complexity index is 437. The van der Waals surface area contributed by atoms with Crippen molar-refractivity contribution in [2.24, 2.45) is 0 Å². The van der Waals surface area contributed by atoms with Crippen LogP contribution in [0.5, 0.6) is 0 Å². The first kappa shape index (κ1) is 16.7. The summed E-state index contributed by atoms with van der Waals surface area (Å²) in [7, 11) is 0.